The van der Waals surface area contributed by atoms with E-state index >= 15 is 0 Å². The van der Waals surface area contributed by atoms with Crippen molar-refractivity contribution in [3.05, 3.63) is 48.0 Å². The molecule has 0 unspecified atom stereocenters. The van der Waals surface area contributed by atoms with Crippen LogP contribution in [-0.4, -0.2) is 12.1 Å². The average molecular weight is 319 g/mol. The summed E-state index contributed by atoms with van der Waals surface area (Å²) >= 11 is 0. The third-order valence-electron chi connectivity index (χ3n) is 3.12. The second-order valence-electron chi connectivity index (χ2n) is 6.10. The van der Waals surface area contributed by atoms with Crippen LogP contribution in [-0.2, 0) is 0 Å². The van der Waals surface area contributed by atoms with Gasteiger partial charge >= 0.3 is 0 Å². The summed E-state index contributed by atoms with van der Waals surface area (Å²) in [5, 5.41) is 9.67. The fourth-order valence-electron chi connectivity index (χ4n) is 2.26. The number of hydrogen-bond donors (Lipinski definition) is 3. The fraction of sp³-hybridized carbons (Fsp3) is 0.333. The highest BCUT2D eigenvalue weighted by molar-refractivity contribution is 5.80. The van der Waals surface area contributed by atoms with Crippen LogP contribution in [0, 0.1) is 11.6 Å². The van der Waals surface area contributed by atoms with E-state index in [0.717, 1.165) is 11.4 Å². The molecule has 3 N–H and O–H groups in total. The zero-order valence-corrected chi connectivity index (χ0v) is 13.9. The minimum absolute atomic E-state index is 0.166. The molecular weight excluding hydrogens is 296 g/mol. The summed E-state index contributed by atoms with van der Waals surface area (Å²) in [6.07, 6.45) is 0. The first-order valence-corrected chi connectivity index (χ1v) is 7.74. The molecule has 0 amide bonds. The predicted molar refractivity (Wildman–Crippen MR) is 93.6 cm³/mol. The molecule has 0 saturated carbocycles. The Hall–Kier alpha value is -2.30. The van der Waals surface area contributed by atoms with Gasteiger partial charge in [0.15, 0.2) is 0 Å². The summed E-state index contributed by atoms with van der Waals surface area (Å²) in [4.78, 5) is 0. The van der Waals surface area contributed by atoms with Gasteiger partial charge in [-0.1, -0.05) is 0 Å². The van der Waals surface area contributed by atoms with Gasteiger partial charge in [-0.05, 0) is 64.1 Å². The molecule has 0 aliphatic rings. The quantitative estimate of drug-likeness (QED) is 0.672. The summed E-state index contributed by atoms with van der Waals surface area (Å²) in [6.45, 7) is 7.94. The summed E-state index contributed by atoms with van der Waals surface area (Å²) < 4.78 is 27.0. The highest BCUT2D eigenvalue weighted by atomic mass is 19.1. The van der Waals surface area contributed by atoms with Gasteiger partial charge in [-0.3, -0.25) is 0 Å². The van der Waals surface area contributed by atoms with E-state index in [9.17, 15) is 8.78 Å². The van der Waals surface area contributed by atoms with Crippen LogP contribution in [0.5, 0.6) is 0 Å². The molecule has 124 valence electrons. The third kappa shape index (κ3) is 4.84. The maximum Gasteiger partial charge on any atom is 0.125 e. The maximum absolute atomic E-state index is 13.5. The summed E-state index contributed by atoms with van der Waals surface area (Å²) in [7, 11) is 0. The predicted octanol–water partition coefficient (Wildman–Crippen LogP) is 5.35. The molecule has 0 aliphatic heterocycles. The normalized spacial score (nSPS) is 11.0. The van der Waals surface area contributed by atoms with Gasteiger partial charge in [0, 0.05) is 12.1 Å². The first-order valence-electron chi connectivity index (χ1n) is 7.74. The van der Waals surface area contributed by atoms with Crippen LogP contribution in [0.1, 0.15) is 27.7 Å². The van der Waals surface area contributed by atoms with Gasteiger partial charge in [0.25, 0.3) is 0 Å². The first-order chi connectivity index (χ1) is 10.8. The Labute approximate surface area is 136 Å². The van der Waals surface area contributed by atoms with E-state index in [1.165, 1.54) is 24.3 Å². The monoisotopic (exact) mass is 319 g/mol. The van der Waals surface area contributed by atoms with E-state index in [-0.39, 0.29) is 23.7 Å². The summed E-state index contributed by atoms with van der Waals surface area (Å²) in [5.74, 6) is -0.614. The van der Waals surface area contributed by atoms with Gasteiger partial charge in [0.2, 0.25) is 0 Å². The minimum Gasteiger partial charge on any atom is -0.381 e. The molecule has 0 atom stereocenters. The second kappa shape index (κ2) is 7.31. The van der Waals surface area contributed by atoms with Gasteiger partial charge in [-0.25, -0.2) is 8.78 Å². The third-order valence-corrected chi connectivity index (χ3v) is 3.12. The molecular formula is C18H23F2N3. The largest absolute Gasteiger partial charge is 0.381 e. The van der Waals surface area contributed by atoms with E-state index in [1.54, 1.807) is 12.1 Å². The van der Waals surface area contributed by atoms with Crippen molar-refractivity contribution in [1.29, 1.82) is 0 Å². The molecule has 0 radical (unpaired) electrons. The van der Waals surface area contributed by atoms with Crippen molar-refractivity contribution < 1.29 is 8.78 Å². The van der Waals surface area contributed by atoms with E-state index in [1.807, 2.05) is 27.7 Å². The topological polar surface area (TPSA) is 36.1 Å². The zero-order chi connectivity index (χ0) is 17.0. The van der Waals surface area contributed by atoms with Crippen LogP contribution in [0.15, 0.2) is 36.4 Å². The highest BCUT2D eigenvalue weighted by Crippen LogP contribution is 2.31. The van der Waals surface area contributed by atoms with Crippen molar-refractivity contribution >= 4 is 22.7 Å². The fourth-order valence-corrected chi connectivity index (χ4v) is 2.26. The Bertz CT molecular complexity index is 612. The number of anilines is 4. The Morgan fingerprint density at radius 1 is 0.652 bits per heavy atom. The molecule has 0 aliphatic carbocycles. The average Bonchev–Trinajstić information content (AvgIpc) is 2.43. The van der Waals surface area contributed by atoms with Gasteiger partial charge in [-0.2, -0.15) is 0 Å². The zero-order valence-electron chi connectivity index (χ0n) is 13.9. The van der Waals surface area contributed by atoms with Crippen molar-refractivity contribution in [3.8, 4) is 0 Å². The smallest absolute Gasteiger partial charge is 0.125 e. The van der Waals surface area contributed by atoms with Crippen molar-refractivity contribution in [2.24, 2.45) is 0 Å². The van der Waals surface area contributed by atoms with Gasteiger partial charge in [0.1, 0.15) is 11.6 Å². The Morgan fingerprint density at radius 2 is 1.04 bits per heavy atom. The molecule has 2 aromatic rings. The van der Waals surface area contributed by atoms with Crippen LogP contribution in [0.2, 0.25) is 0 Å². The molecule has 0 bridgehead atoms. The molecule has 3 nitrogen and oxygen atoms in total. The van der Waals surface area contributed by atoms with Crippen molar-refractivity contribution in [2.75, 3.05) is 16.0 Å². The Morgan fingerprint density at radius 3 is 1.39 bits per heavy atom. The van der Waals surface area contributed by atoms with Crippen molar-refractivity contribution in [3.63, 3.8) is 0 Å². The van der Waals surface area contributed by atoms with E-state index in [0.29, 0.717) is 11.4 Å². The van der Waals surface area contributed by atoms with E-state index in [2.05, 4.69) is 16.0 Å². The van der Waals surface area contributed by atoms with Crippen molar-refractivity contribution in [2.45, 2.75) is 39.8 Å². The Balaban J connectivity index is 2.35. The molecule has 2 rings (SSSR count). The summed E-state index contributed by atoms with van der Waals surface area (Å²) in [5.41, 5.74) is 2.80. The Kier molecular flexibility index (Phi) is 5.42. The summed E-state index contributed by atoms with van der Waals surface area (Å²) in [6, 6.07) is 9.35. The molecule has 0 spiro atoms. The minimum atomic E-state index is -0.307. The number of benzene rings is 2. The number of halogens is 2. The van der Waals surface area contributed by atoms with E-state index in [4.69, 9.17) is 0 Å². The lowest BCUT2D eigenvalue weighted by Gasteiger charge is -2.19. The lowest BCUT2D eigenvalue weighted by atomic mass is 10.2. The van der Waals surface area contributed by atoms with Crippen LogP contribution in [0.3, 0.4) is 0 Å². The van der Waals surface area contributed by atoms with Gasteiger partial charge in [0.05, 0.1) is 22.7 Å². The van der Waals surface area contributed by atoms with Gasteiger partial charge < -0.3 is 16.0 Å². The first kappa shape index (κ1) is 17.1. The molecule has 0 heterocycles. The van der Waals surface area contributed by atoms with Crippen LogP contribution < -0.4 is 16.0 Å². The number of hydrogen-bond acceptors (Lipinski definition) is 3. The maximum atomic E-state index is 13.5. The molecule has 0 aromatic heterocycles. The molecule has 0 fully saturated rings. The highest BCUT2D eigenvalue weighted by Gasteiger charge is 2.10. The van der Waals surface area contributed by atoms with Crippen LogP contribution in [0.4, 0.5) is 31.5 Å². The van der Waals surface area contributed by atoms with Crippen LogP contribution >= 0.6 is 0 Å². The molecule has 5 heteroatoms. The molecule has 0 saturated heterocycles. The van der Waals surface area contributed by atoms with E-state index < -0.39 is 0 Å². The number of nitrogens with one attached hydrogen (secondary N) is 3. The van der Waals surface area contributed by atoms with Crippen molar-refractivity contribution in [1.82, 2.24) is 0 Å². The van der Waals surface area contributed by atoms with Gasteiger partial charge in [-0.15, -0.1) is 0 Å². The lowest BCUT2D eigenvalue weighted by molar-refractivity contribution is 0.628. The van der Waals surface area contributed by atoms with Crippen LogP contribution in [0.25, 0.3) is 0 Å². The standard InChI is InChI=1S/C18H23F2N3/c1-11(2)21-17-9-13(19)5-7-15(17)23-16-8-6-14(20)10-18(16)22-12(3)4/h5-12,21-23H,1-4H3. The second-order valence-corrected chi connectivity index (χ2v) is 6.10. The number of rotatable bonds is 6. The molecule has 23 heavy (non-hydrogen) atoms. The lowest BCUT2D eigenvalue weighted by Crippen LogP contribution is -2.13. The SMILES string of the molecule is CC(C)Nc1cc(F)ccc1Nc1ccc(F)cc1NC(C)C. The molecule has 2 aromatic carbocycles.